The third kappa shape index (κ3) is 1.68. The molecule has 14 heavy (non-hydrogen) atoms. The fourth-order valence-electron chi connectivity index (χ4n) is 1.28. The summed E-state index contributed by atoms with van der Waals surface area (Å²) < 4.78 is 11.9. The second kappa shape index (κ2) is 3.95. The molecule has 1 aliphatic heterocycles. The lowest BCUT2D eigenvalue weighted by Gasteiger charge is -2.25. The van der Waals surface area contributed by atoms with Gasteiger partial charge in [0.05, 0.1) is 5.33 Å². The largest absolute Gasteiger partial charge is 0.452 e. The first kappa shape index (κ1) is 10.1. The average molecular weight is 320 g/mol. The van der Waals surface area contributed by atoms with Gasteiger partial charge in [0, 0.05) is 10.0 Å². The van der Waals surface area contributed by atoms with E-state index in [-0.39, 0.29) is 0 Å². The van der Waals surface area contributed by atoms with E-state index < -0.39 is 5.79 Å². The third-order valence-corrected chi connectivity index (χ3v) is 3.30. The zero-order valence-electron chi connectivity index (χ0n) is 7.24. The van der Waals surface area contributed by atoms with Crippen LogP contribution in [0.2, 0.25) is 0 Å². The first-order chi connectivity index (χ1) is 6.77. The van der Waals surface area contributed by atoms with Crippen molar-refractivity contribution in [2.24, 2.45) is 0 Å². The van der Waals surface area contributed by atoms with E-state index in [1.165, 1.54) is 0 Å². The Morgan fingerprint density at radius 1 is 1.07 bits per heavy atom. The normalized spacial score (nSPS) is 17.6. The lowest BCUT2D eigenvalue weighted by molar-refractivity contribution is -0.127. The molecule has 0 saturated heterocycles. The van der Waals surface area contributed by atoms with Crippen LogP contribution in [-0.2, 0) is 15.3 Å². The fraction of sp³-hybridized carbons (Fsp3) is 0.200. The molecule has 2 rings (SSSR count). The third-order valence-electron chi connectivity index (χ3n) is 2.03. The number of rotatable bonds is 2. The highest BCUT2D eigenvalue weighted by Crippen LogP contribution is 2.34. The summed E-state index contributed by atoms with van der Waals surface area (Å²) in [5.74, 6) is -0.694. The molecule has 0 fully saturated rings. The summed E-state index contributed by atoms with van der Waals surface area (Å²) in [6.45, 7) is 0. The number of ether oxygens (including phenoxy) is 2. The van der Waals surface area contributed by atoms with Crippen molar-refractivity contribution in [3.8, 4) is 0 Å². The fourth-order valence-corrected chi connectivity index (χ4v) is 2.14. The Morgan fingerprint density at radius 3 is 2.14 bits per heavy atom. The van der Waals surface area contributed by atoms with Crippen molar-refractivity contribution in [2.45, 2.75) is 5.79 Å². The molecule has 0 saturated carbocycles. The molecule has 0 N–H and O–H groups in total. The molecule has 0 aliphatic carbocycles. The van der Waals surface area contributed by atoms with Crippen LogP contribution in [0.3, 0.4) is 0 Å². The Bertz CT molecular complexity index is 338. The number of alkyl halides is 1. The van der Waals surface area contributed by atoms with Crippen LogP contribution in [0.4, 0.5) is 0 Å². The van der Waals surface area contributed by atoms with E-state index in [4.69, 9.17) is 9.47 Å². The molecule has 4 heteroatoms. The van der Waals surface area contributed by atoms with Gasteiger partial charge in [-0.1, -0.05) is 44.0 Å². The van der Waals surface area contributed by atoms with Gasteiger partial charge in [-0.05, 0) is 12.1 Å². The second-order valence-corrected chi connectivity index (χ2v) is 4.38. The zero-order valence-corrected chi connectivity index (χ0v) is 10.4. The minimum Gasteiger partial charge on any atom is -0.452 e. The van der Waals surface area contributed by atoms with Gasteiger partial charge in [0.25, 0.3) is 5.79 Å². The highest BCUT2D eigenvalue weighted by molar-refractivity contribution is 9.10. The van der Waals surface area contributed by atoms with Crippen LogP contribution in [0.5, 0.6) is 0 Å². The van der Waals surface area contributed by atoms with Crippen molar-refractivity contribution < 1.29 is 9.47 Å². The maximum absolute atomic E-state index is 5.45. The molecule has 2 nitrogen and oxygen atoms in total. The van der Waals surface area contributed by atoms with Crippen LogP contribution in [0.15, 0.2) is 41.3 Å². The molecule has 0 radical (unpaired) electrons. The smallest absolute Gasteiger partial charge is 0.286 e. The summed E-state index contributed by atoms with van der Waals surface area (Å²) in [5, 5.41) is 0.592. The molecular formula is C10H8Br2O2. The first-order valence-electron chi connectivity index (χ1n) is 4.09. The van der Waals surface area contributed by atoms with E-state index in [0.717, 1.165) is 10.0 Å². The number of benzene rings is 1. The molecular weight excluding hydrogens is 312 g/mol. The Morgan fingerprint density at radius 2 is 1.64 bits per heavy atom. The highest BCUT2D eigenvalue weighted by Gasteiger charge is 2.36. The first-order valence-corrected chi connectivity index (χ1v) is 6.01. The molecule has 0 amide bonds. The van der Waals surface area contributed by atoms with E-state index in [1.807, 2.05) is 24.3 Å². The van der Waals surface area contributed by atoms with Crippen LogP contribution in [0.1, 0.15) is 5.56 Å². The van der Waals surface area contributed by atoms with Crippen LogP contribution < -0.4 is 0 Å². The van der Waals surface area contributed by atoms with Crippen molar-refractivity contribution in [1.82, 2.24) is 0 Å². The second-order valence-electron chi connectivity index (χ2n) is 2.90. The minimum atomic E-state index is -0.694. The van der Waals surface area contributed by atoms with Crippen molar-refractivity contribution in [2.75, 3.05) is 5.33 Å². The Labute approximate surface area is 99.2 Å². The molecule has 1 aliphatic rings. The van der Waals surface area contributed by atoms with Crippen molar-refractivity contribution in [3.63, 3.8) is 0 Å². The maximum atomic E-state index is 5.45. The molecule has 1 aromatic rings. The van der Waals surface area contributed by atoms with Gasteiger partial charge in [-0.2, -0.15) is 0 Å². The minimum absolute atomic E-state index is 0.592. The van der Waals surface area contributed by atoms with Crippen molar-refractivity contribution >= 4 is 31.9 Å². The summed E-state index contributed by atoms with van der Waals surface area (Å²) in [6, 6.07) is 7.87. The SMILES string of the molecule is BrCC1(c2ccc(Br)cc2)OC=CO1. The summed E-state index contributed by atoms with van der Waals surface area (Å²) in [4.78, 5) is 0. The van der Waals surface area contributed by atoms with E-state index in [2.05, 4.69) is 31.9 Å². The van der Waals surface area contributed by atoms with Gasteiger partial charge in [-0.15, -0.1) is 0 Å². The highest BCUT2D eigenvalue weighted by atomic mass is 79.9. The van der Waals surface area contributed by atoms with Crippen LogP contribution in [0, 0.1) is 0 Å². The van der Waals surface area contributed by atoms with Gasteiger partial charge >= 0.3 is 0 Å². The van der Waals surface area contributed by atoms with Crippen LogP contribution >= 0.6 is 31.9 Å². The van der Waals surface area contributed by atoms with Gasteiger partial charge in [0.1, 0.15) is 12.5 Å². The summed E-state index contributed by atoms with van der Waals surface area (Å²) in [5.41, 5.74) is 0.988. The van der Waals surface area contributed by atoms with Crippen LogP contribution in [0.25, 0.3) is 0 Å². The van der Waals surface area contributed by atoms with Gasteiger partial charge in [-0.3, -0.25) is 0 Å². The molecule has 1 aromatic carbocycles. The van der Waals surface area contributed by atoms with Gasteiger partial charge < -0.3 is 9.47 Å². The molecule has 74 valence electrons. The molecule has 0 aromatic heterocycles. The molecule has 0 unspecified atom stereocenters. The standard InChI is InChI=1S/C10H8Br2O2/c11-7-10(13-5-6-14-10)8-1-3-9(12)4-2-8/h1-6H,7H2. The Hall–Kier alpha value is -0.480. The van der Waals surface area contributed by atoms with E-state index in [0.29, 0.717) is 5.33 Å². The Balaban J connectivity index is 2.32. The topological polar surface area (TPSA) is 18.5 Å². The molecule has 0 atom stereocenters. The number of hydrogen-bond donors (Lipinski definition) is 0. The van der Waals surface area contributed by atoms with E-state index in [9.17, 15) is 0 Å². The maximum Gasteiger partial charge on any atom is 0.286 e. The number of hydrogen-bond acceptors (Lipinski definition) is 2. The van der Waals surface area contributed by atoms with Crippen molar-refractivity contribution in [3.05, 3.63) is 46.8 Å². The number of halogens is 2. The zero-order chi connectivity index (χ0) is 10.0. The van der Waals surface area contributed by atoms with Crippen LogP contribution in [-0.4, -0.2) is 5.33 Å². The van der Waals surface area contributed by atoms with Gasteiger partial charge in [0.15, 0.2) is 0 Å². The predicted molar refractivity (Wildman–Crippen MR) is 60.9 cm³/mol. The summed E-state index contributed by atoms with van der Waals surface area (Å²) in [6.07, 6.45) is 3.12. The predicted octanol–water partition coefficient (Wildman–Crippen LogP) is 3.51. The lowest BCUT2D eigenvalue weighted by atomic mass is 10.1. The monoisotopic (exact) mass is 318 g/mol. The molecule has 0 spiro atoms. The van der Waals surface area contributed by atoms with Gasteiger partial charge in [0.2, 0.25) is 0 Å². The van der Waals surface area contributed by atoms with E-state index in [1.54, 1.807) is 12.5 Å². The Kier molecular flexibility index (Phi) is 2.83. The molecule has 0 bridgehead atoms. The summed E-state index contributed by atoms with van der Waals surface area (Å²) in [7, 11) is 0. The quantitative estimate of drug-likeness (QED) is 0.777. The molecule has 1 heterocycles. The summed E-state index contributed by atoms with van der Waals surface area (Å²) >= 11 is 6.77. The van der Waals surface area contributed by atoms with E-state index >= 15 is 0 Å². The van der Waals surface area contributed by atoms with Gasteiger partial charge in [-0.25, -0.2) is 0 Å². The average Bonchev–Trinajstić information content (AvgIpc) is 2.68. The van der Waals surface area contributed by atoms with Crippen molar-refractivity contribution in [1.29, 1.82) is 0 Å². The lowest BCUT2D eigenvalue weighted by Crippen LogP contribution is -2.28.